The summed E-state index contributed by atoms with van der Waals surface area (Å²) in [5.41, 5.74) is 5.37. The monoisotopic (exact) mass is 213 g/mol. The normalized spacial score (nSPS) is 17.6. The van der Waals surface area contributed by atoms with Gasteiger partial charge in [-0.2, -0.15) is 0 Å². The van der Waals surface area contributed by atoms with Crippen molar-refractivity contribution in [2.75, 3.05) is 19.6 Å². The molecule has 0 bridgehead atoms. The number of rotatable bonds is 4. The number of nitrogens with two attached hydrogens (primary N) is 1. The highest BCUT2D eigenvalue weighted by molar-refractivity contribution is 5.82. The largest absolute Gasteiger partial charge is 0.354 e. The lowest BCUT2D eigenvalue weighted by atomic mass is 10.3. The van der Waals surface area contributed by atoms with E-state index >= 15 is 0 Å². The van der Waals surface area contributed by atoms with Crippen LogP contribution in [0.4, 0.5) is 0 Å². The molecule has 0 saturated carbocycles. The highest BCUT2D eigenvalue weighted by Gasteiger charge is 2.17. The summed E-state index contributed by atoms with van der Waals surface area (Å²) in [6.07, 6.45) is 2.56. The first-order valence-corrected chi connectivity index (χ1v) is 5.42. The Bertz CT molecular complexity index is 235. The van der Waals surface area contributed by atoms with Gasteiger partial charge in [0.05, 0.1) is 6.04 Å². The predicted octanol–water partition coefficient (Wildman–Crippen LogP) is -0.538. The van der Waals surface area contributed by atoms with Crippen LogP contribution in [0.25, 0.3) is 0 Å². The zero-order valence-corrected chi connectivity index (χ0v) is 9.16. The van der Waals surface area contributed by atoms with E-state index in [0.29, 0.717) is 13.0 Å². The smallest absolute Gasteiger partial charge is 0.236 e. The summed E-state index contributed by atoms with van der Waals surface area (Å²) < 4.78 is 0. The number of hydrogen-bond acceptors (Lipinski definition) is 3. The lowest BCUT2D eigenvalue weighted by Gasteiger charge is -2.15. The van der Waals surface area contributed by atoms with Crippen molar-refractivity contribution in [2.24, 2.45) is 5.73 Å². The molecule has 3 N–H and O–H groups in total. The van der Waals surface area contributed by atoms with Gasteiger partial charge in [0.15, 0.2) is 0 Å². The maximum Gasteiger partial charge on any atom is 0.236 e. The van der Waals surface area contributed by atoms with Crippen molar-refractivity contribution >= 4 is 11.8 Å². The number of nitrogens with zero attached hydrogens (tertiary/aromatic N) is 1. The van der Waals surface area contributed by atoms with Gasteiger partial charge in [-0.3, -0.25) is 9.59 Å². The quantitative estimate of drug-likeness (QED) is 0.658. The van der Waals surface area contributed by atoms with Crippen molar-refractivity contribution in [3.8, 4) is 0 Å². The fourth-order valence-electron chi connectivity index (χ4n) is 1.58. The van der Waals surface area contributed by atoms with Crippen LogP contribution in [0.1, 0.15) is 26.2 Å². The number of nitrogens with one attached hydrogen (secondary N) is 1. The van der Waals surface area contributed by atoms with E-state index in [0.717, 1.165) is 25.9 Å². The summed E-state index contributed by atoms with van der Waals surface area (Å²) >= 11 is 0. The molecule has 1 aliphatic heterocycles. The molecule has 5 heteroatoms. The number of hydrogen-bond donors (Lipinski definition) is 2. The molecule has 0 aromatic carbocycles. The van der Waals surface area contributed by atoms with Gasteiger partial charge in [0, 0.05) is 26.1 Å². The molecule has 0 radical (unpaired) electrons. The van der Waals surface area contributed by atoms with Crippen LogP contribution in [0.5, 0.6) is 0 Å². The van der Waals surface area contributed by atoms with Crippen LogP contribution in [0.3, 0.4) is 0 Å². The maximum atomic E-state index is 11.5. The van der Waals surface area contributed by atoms with Gasteiger partial charge in [-0.25, -0.2) is 0 Å². The predicted molar refractivity (Wildman–Crippen MR) is 57.1 cm³/mol. The van der Waals surface area contributed by atoms with E-state index < -0.39 is 6.04 Å². The molecule has 0 aromatic rings. The second-order valence-electron chi connectivity index (χ2n) is 3.92. The van der Waals surface area contributed by atoms with Gasteiger partial charge in [-0.15, -0.1) is 0 Å². The second-order valence-corrected chi connectivity index (χ2v) is 3.92. The summed E-state index contributed by atoms with van der Waals surface area (Å²) in [7, 11) is 0. The SMILES string of the molecule is C[C@@H](N)C(=O)NCCC(=O)N1CCCC1. The Hall–Kier alpha value is -1.10. The van der Waals surface area contributed by atoms with Gasteiger partial charge in [-0.05, 0) is 19.8 Å². The molecular formula is C10H19N3O2. The summed E-state index contributed by atoms with van der Waals surface area (Å²) in [6, 6.07) is -0.508. The van der Waals surface area contributed by atoms with Crippen LogP contribution < -0.4 is 11.1 Å². The van der Waals surface area contributed by atoms with E-state index in [2.05, 4.69) is 5.32 Å². The molecule has 1 aliphatic rings. The first kappa shape index (κ1) is 12.0. The van der Waals surface area contributed by atoms with Crippen molar-refractivity contribution in [1.29, 1.82) is 0 Å². The van der Waals surface area contributed by atoms with Gasteiger partial charge in [0.1, 0.15) is 0 Å². The van der Waals surface area contributed by atoms with Crippen LogP contribution in [0.2, 0.25) is 0 Å². The number of likely N-dealkylation sites (tertiary alicyclic amines) is 1. The Morgan fingerprint density at radius 3 is 2.53 bits per heavy atom. The van der Waals surface area contributed by atoms with Crippen molar-refractivity contribution in [1.82, 2.24) is 10.2 Å². The van der Waals surface area contributed by atoms with E-state index in [-0.39, 0.29) is 11.8 Å². The van der Waals surface area contributed by atoms with Gasteiger partial charge >= 0.3 is 0 Å². The Morgan fingerprint density at radius 2 is 2.00 bits per heavy atom. The van der Waals surface area contributed by atoms with Crippen molar-refractivity contribution in [3.63, 3.8) is 0 Å². The Balaban J connectivity index is 2.14. The molecule has 1 fully saturated rings. The zero-order valence-electron chi connectivity index (χ0n) is 9.16. The van der Waals surface area contributed by atoms with E-state index in [9.17, 15) is 9.59 Å². The molecule has 0 aromatic heterocycles. The summed E-state index contributed by atoms with van der Waals surface area (Å²) in [6.45, 7) is 3.73. The van der Waals surface area contributed by atoms with Gasteiger partial charge in [0.25, 0.3) is 0 Å². The first-order chi connectivity index (χ1) is 7.11. The first-order valence-electron chi connectivity index (χ1n) is 5.42. The fraction of sp³-hybridized carbons (Fsp3) is 0.800. The third-order valence-corrected chi connectivity index (χ3v) is 2.51. The third-order valence-electron chi connectivity index (χ3n) is 2.51. The highest BCUT2D eigenvalue weighted by Crippen LogP contribution is 2.08. The molecule has 86 valence electrons. The molecule has 2 amide bonds. The van der Waals surface area contributed by atoms with E-state index in [1.165, 1.54) is 0 Å². The lowest BCUT2D eigenvalue weighted by Crippen LogP contribution is -2.40. The molecule has 0 unspecified atom stereocenters. The van der Waals surface area contributed by atoms with Crippen molar-refractivity contribution < 1.29 is 9.59 Å². The van der Waals surface area contributed by atoms with Crippen molar-refractivity contribution in [3.05, 3.63) is 0 Å². The highest BCUT2D eigenvalue weighted by atomic mass is 16.2. The van der Waals surface area contributed by atoms with Crippen LogP contribution in [-0.4, -0.2) is 42.4 Å². The van der Waals surface area contributed by atoms with Crippen LogP contribution in [-0.2, 0) is 9.59 Å². The van der Waals surface area contributed by atoms with Gasteiger partial charge in [0.2, 0.25) is 11.8 Å². The molecule has 0 aliphatic carbocycles. The average Bonchev–Trinajstić information content (AvgIpc) is 2.70. The molecule has 1 saturated heterocycles. The molecule has 5 nitrogen and oxygen atoms in total. The lowest BCUT2D eigenvalue weighted by molar-refractivity contribution is -0.130. The summed E-state index contributed by atoms with van der Waals surface area (Å²) in [5, 5.41) is 2.63. The van der Waals surface area contributed by atoms with E-state index in [1.807, 2.05) is 4.90 Å². The fourth-order valence-corrected chi connectivity index (χ4v) is 1.58. The standard InChI is InChI=1S/C10H19N3O2/c1-8(11)10(15)12-5-4-9(14)13-6-2-3-7-13/h8H,2-7,11H2,1H3,(H,12,15)/t8-/m1/s1. The Labute approximate surface area is 90.0 Å². The van der Waals surface area contributed by atoms with Gasteiger partial charge in [-0.1, -0.05) is 0 Å². The Kier molecular flexibility index (Phi) is 4.55. The van der Waals surface area contributed by atoms with Crippen LogP contribution >= 0.6 is 0 Å². The van der Waals surface area contributed by atoms with Crippen molar-refractivity contribution in [2.45, 2.75) is 32.2 Å². The summed E-state index contributed by atoms with van der Waals surface area (Å²) in [5.74, 6) is -0.0818. The van der Waals surface area contributed by atoms with E-state index in [1.54, 1.807) is 6.92 Å². The topological polar surface area (TPSA) is 75.4 Å². The summed E-state index contributed by atoms with van der Waals surface area (Å²) in [4.78, 5) is 24.5. The minimum Gasteiger partial charge on any atom is -0.354 e. The Morgan fingerprint density at radius 1 is 1.40 bits per heavy atom. The maximum absolute atomic E-state index is 11.5. The van der Waals surface area contributed by atoms with Gasteiger partial charge < -0.3 is 16.0 Å². The molecule has 1 atom stereocenters. The zero-order chi connectivity index (χ0) is 11.3. The van der Waals surface area contributed by atoms with Crippen LogP contribution in [0, 0.1) is 0 Å². The number of amides is 2. The molecule has 1 rings (SSSR count). The molecule has 1 heterocycles. The third kappa shape index (κ3) is 3.87. The van der Waals surface area contributed by atoms with E-state index in [4.69, 9.17) is 5.73 Å². The second kappa shape index (κ2) is 5.70. The molecular weight excluding hydrogens is 194 g/mol. The minimum atomic E-state index is -0.508. The number of carbonyl (C=O) groups excluding carboxylic acids is 2. The average molecular weight is 213 g/mol. The van der Waals surface area contributed by atoms with Crippen LogP contribution in [0.15, 0.2) is 0 Å². The minimum absolute atomic E-state index is 0.123. The molecule has 15 heavy (non-hydrogen) atoms. The number of carbonyl (C=O) groups is 2. The molecule has 0 spiro atoms.